The first-order chi connectivity index (χ1) is 7.31. The van der Waals surface area contributed by atoms with Gasteiger partial charge in [0.05, 0.1) is 17.8 Å². The van der Waals surface area contributed by atoms with E-state index in [1.807, 2.05) is 6.20 Å². The Morgan fingerprint density at radius 1 is 1.40 bits per heavy atom. The van der Waals surface area contributed by atoms with Crippen molar-refractivity contribution in [1.29, 1.82) is 0 Å². The lowest BCUT2D eigenvalue weighted by atomic mass is 9.93. The molecule has 1 aromatic rings. The van der Waals surface area contributed by atoms with Gasteiger partial charge in [-0.25, -0.2) is 4.68 Å². The Bertz CT molecular complexity index is 313. The minimum Gasteiger partial charge on any atom is -0.396 e. The SMILES string of the molecule is OCCc1cn(C2CCCCC2O)nn1. The molecular weight excluding hydrogens is 194 g/mol. The van der Waals surface area contributed by atoms with Gasteiger partial charge in [-0.2, -0.15) is 0 Å². The maximum absolute atomic E-state index is 9.82. The van der Waals surface area contributed by atoms with Gasteiger partial charge in [-0.1, -0.05) is 18.1 Å². The predicted octanol–water partition coefficient (Wildman–Crippen LogP) is 0.289. The molecule has 15 heavy (non-hydrogen) atoms. The Hall–Kier alpha value is -0.940. The number of aliphatic hydroxyl groups is 2. The van der Waals surface area contributed by atoms with Crippen molar-refractivity contribution in [2.45, 2.75) is 44.2 Å². The van der Waals surface area contributed by atoms with Gasteiger partial charge in [-0.3, -0.25) is 0 Å². The standard InChI is InChI=1S/C10H17N3O2/c14-6-5-8-7-13(12-11-8)9-3-1-2-4-10(9)15/h7,9-10,14-15H,1-6H2. The smallest absolute Gasteiger partial charge is 0.0850 e. The molecule has 0 radical (unpaired) electrons. The summed E-state index contributed by atoms with van der Waals surface area (Å²) in [5.74, 6) is 0. The summed E-state index contributed by atoms with van der Waals surface area (Å²) in [6.07, 6.45) is 6.09. The maximum Gasteiger partial charge on any atom is 0.0850 e. The van der Waals surface area contributed by atoms with Crippen molar-refractivity contribution in [3.8, 4) is 0 Å². The topological polar surface area (TPSA) is 71.2 Å². The second-order valence-electron chi connectivity index (χ2n) is 4.08. The average Bonchev–Trinajstić information content (AvgIpc) is 2.68. The molecule has 5 heteroatoms. The van der Waals surface area contributed by atoms with E-state index in [0.717, 1.165) is 31.4 Å². The number of rotatable bonds is 3. The molecule has 2 unspecified atom stereocenters. The molecule has 1 fully saturated rings. The second-order valence-corrected chi connectivity index (χ2v) is 4.08. The zero-order valence-corrected chi connectivity index (χ0v) is 8.71. The Kier molecular flexibility index (Phi) is 3.33. The fourth-order valence-corrected chi connectivity index (χ4v) is 2.10. The van der Waals surface area contributed by atoms with E-state index in [0.29, 0.717) is 6.42 Å². The first kappa shape index (κ1) is 10.6. The van der Waals surface area contributed by atoms with Gasteiger partial charge in [0, 0.05) is 19.2 Å². The molecule has 2 rings (SSSR count). The molecule has 1 saturated carbocycles. The van der Waals surface area contributed by atoms with Gasteiger partial charge in [0.1, 0.15) is 0 Å². The highest BCUT2D eigenvalue weighted by molar-refractivity contribution is 4.94. The lowest BCUT2D eigenvalue weighted by molar-refractivity contribution is 0.0685. The summed E-state index contributed by atoms with van der Waals surface area (Å²) in [5.41, 5.74) is 0.787. The van der Waals surface area contributed by atoms with Crippen LogP contribution in [0.4, 0.5) is 0 Å². The Labute approximate surface area is 88.7 Å². The second kappa shape index (κ2) is 4.72. The molecule has 1 aromatic heterocycles. The van der Waals surface area contributed by atoms with Gasteiger partial charge in [-0.15, -0.1) is 5.10 Å². The number of hydrogen-bond acceptors (Lipinski definition) is 4. The summed E-state index contributed by atoms with van der Waals surface area (Å²) >= 11 is 0. The van der Waals surface area contributed by atoms with Crippen molar-refractivity contribution in [3.05, 3.63) is 11.9 Å². The molecule has 0 aliphatic heterocycles. The first-order valence-corrected chi connectivity index (χ1v) is 5.51. The highest BCUT2D eigenvalue weighted by atomic mass is 16.3. The van der Waals surface area contributed by atoms with E-state index in [4.69, 9.17) is 5.11 Å². The van der Waals surface area contributed by atoms with Gasteiger partial charge >= 0.3 is 0 Å². The summed E-state index contributed by atoms with van der Waals surface area (Å²) in [7, 11) is 0. The van der Waals surface area contributed by atoms with Gasteiger partial charge in [0.25, 0.3) is 0 Å². The van der Waals surface area contributed by atoms with Gasteiger partial charge < -0.3 is 10.2 Å². The van der Waals surface area contributed by atoms with Crippen LogP contribution < -0.4 is 0 Å². The zero-order valence-electron chi connectivity index (χ0n) is 8.71. The third kappa shape index (κ3) is 2.35. The summed E-state index contributed by atoms with van der Waals surface area (Å²) in [6.45, 7) is 0.0892. The fourth-order valence-electron chi connectivity index (χ4n) is 2.10. The van der Waals surface area contributed by atoms with Crippen LogP contribution in [-0.4, -0.2) is 37.9 Å². The number of nitrogens with zero attached hydrogens (tertiary/aromatic N) is 3. The van der Waals surface area contributed by atoms with Gasteiger partial charge in [0.2, 0.25) is 0 Å². The van der Waals surface area contributed by atoms with E-state index in [1.165, 1.54) is 0 Å². The number of aromatic nitrogens is 3. The number of aliphatic hydroxyl groups excluding tert-OH is 2. The average molecular weight is 211 g/mol. The molecule has 2 N–H and O–H groups in total. The normalized spacial score (nSPS) is 26.8. The van der Waals surface area contributed by atoms with E-state index in [2.05, 4.69) is 10.3 Å². The third-order valence-corrected chi connectivity index (χ3v) is 2.96. The van der Waals surface area contributed by atoms with Crippen LogP contribution in [0.5, 0.6) is 0 Å². The van der Waals surface area contributed by atoms with E-state index in [1.54, 1.807) is 4.68 Å². The Balaban J connectivity index is 2.06. The minimum atomic E-state index is -0.303. The van der Waals surface area contributed by atoms with Crippen molar-refractivity contribution in [1.82, 2.24) is 15.0 Å². The van der Waals surface area contributed by atoms with Gasteiger partial charge in [0.15, 0.2) is 0 Å². The lowest BCUT2D eigenvalue weighted by Crippen LogP contribution is -2.27. The van der Waals surface area contributed by atoms with E-state index in [-0.39, 0.29) is 18.8 Å². The number of hydrogen-bond donors (Lipinski definition) is 2. The van der Waals surface area contributed by atoms with E-state index < -0.39 is 0 Å². The van der Waals surface area contributed by atoms with E-state index in [9.17, 15) is 5.11 Å². The molecule has 1 aliphatic carbocycles. The Morgan fingerprint density at radius 2 is 2.20 bits per heavy atom. The van der Waals surface area contributed by atoms with Crippen LogP contribution in [-0.2, 0) is 6.42 Å². The van der Waals surface area contributed by atoms with Crippen LogP contribution in [0.25, 0.3) is 0 Å². The summed E-state index contributed by atoms with van der Waals surface area (Å²) in [6, 6.07) is 0.0682. The van der Waals surface area contributed by atoms with E-state index >= 15 is 0 Å². The highest BCUT2D eigenvalue weighted by Crippen LogP contribution is 2.27. The van der Waals surface area contributed by atoms with Crippen molar-refractivity contribution in [3.63, 3.8) is 0 Å². The Morgan fingerprint density at radius 3 is 2.93 bits per heavy atom. The molecule has 2 atom stereocenters. The lowest BCUT2D eigenvalue weighted by Gasteiger charge is -2.27. The summed E-state index contributed by atoms with van der Waals surface area (Å²) in [5, 5.41) is 26.6. The monoisotopic (exact) mass is 211 g/mol. The van der Waals surface area contributed by atoms with Crippen molar-refractivity contribution in [2.24, 2.45) is 0 Å². The van der Waals surface area contributed by atoms with Crippen LogP contribution in [0, 0.1) is 0 Å². The molecule has 1 aliphatic rings. The highest BCUT2D eigenvalue weighted by Gasteiger charge is 2.25. The molecule has 1 heterocycles. The molecule has 0 aromatic carbocycles. The quantitative estimate of drug-likeness (QED) is 0.753. The molecule has 0 amide bonds. The summed E-state index contributed by atoms with van der Waals surface area (Å²) < 4.78 is 1.74. The van der Waals surface area contributed by atoms with Crippen molar-refractivity contribution < 1.29 is 10.2 Å². The molecule has 0 bridgehead atoms. The molecular formula is C10H17N3O2. The maximum atomic E-state index is 9.82. The van der Waals surface area contributed by atoms with Crippen LogP contribution in [0.1, 0.15) is 37.4 Å². The largest absolute Gasteiger partial charge is 0.396 e. The molecule has 84 valence electrons. The molecule has 0 spiro atoms. The third-order valence-electron chi connectivity index (χ3n) is 2.96. The summed E-state index contributed by atoms with van der Waals surface area (Å²) in [4.78, 5) is 0. The minimum absolute atomic E-state index is 0.0682. The van der Waals surface area contributed by atoms with Crippen LogP contribution in [0.3, 0.4) is 0 Å². The molecule has 0 saturated heterocycles. The fraction of sp³-hybridized carbons (Fsp3) is 0.800. The first-order valence-electron chi connectivity index (χ1n) is 5.51. The van der Waals surface area contributed by atoms with Crippen LogP contribution >= 0.6 is 0 Å². The van der Waals surface area contributed by atoms with Crippen molar-refractivity contribution in [2.75, 3.05) is 6.61 Å². The van der Waals surface area contributed by atoms with Crippen molar-refractivity contribution >= 4 is 0 Å². The predicted molar refractivity (Wildman–Crippen MR) is 54.3 cm³/mol. The van der Waals surface area contributed by atoms with Crippen LogP contribution in [0.2, 0.25) is 0 Å². The van der Waals surface area contributed by atoms with Crippen LogP contribution in [0.15, 0.2) is 6.20 Å². The van der Waals surface area contributed by atoms with Gasteiger partial charge in [-0.05, 0) is 12.8 Å². The zero-order chi connectivity index (χ0) is 10.7. The molecule has 5 nitrogen and oxygen atoms in total.